The fourth-order valence-corrected chi connectivity index (χ4v) is 1.60. The van der Waals surface area contributed by atoms with Crippen molar-refractivity contribution in [1.29, 1.82) is 0 Å². The van der Waals surface area contributed by atoms with E-state index in [1.807, 2.05) is 18.2 Å². The van der Waals surface area contributed by atoms with Gasteiger partial charge in [0.15, 0.2) is 0 Å². The van der Waals surface area contributed by atoms with Crippen LogP contribution in [0.15, 0.2) is 24.3 Å². The lowest BCUT2D eigenvalue weighted by Gasteiger charge is -2.16. The van der Waals surface area contributed by atoms with E-state index in [1.54, 1.807) is 18.0 Å². The first-order valence-corrected chi connectivity index (χ1v) is 5.70. The maximum atomic E-state index is 11.8. The van der Waals surface area contributed by atoms with Gasteiger partial charge >= 0.3 is 0 Å². The summed E-state index contributed by atoms with van der Waals surface area (Å²) in [6, 6.07) is 7.41. The Bertz CT molecular complexity index is 355. The Morgan fingerprint density at radius 1 is 1.44 bits per heavy atom. The predicted molar refractivity (Wildman–Crippen MR) is 66.5 cm³/mol. The molecule has 4 heteroatoms. The smallest absolute Gasteiger partial charge is 0.226 e. The van der Waals surface area contributed by atoms with Crippen molar-refractivity contribution in [2.75, 3.05) is 20.1 Å². The van der Waals surface area contributed by atoms with E-state index in [-0.39, 0.29) is 5.91 Å². The highest BCUT2D eigenvalue weighted by molar-refractivity contribution is 6.31. The molecule has 0 aliphatic heterocycles. The normalized spacial score (nSPS) is 10.2. The maximum absolute atomic E-state index is 11.8. The molecule has 0 radical (unpaired) electrons. The average molecular weight is 241 g/mol. The highest BCUT2D eigenvalue weighted by Crippen LogP contribution is 2.15. The molecule has 0 saturated carbocycles. The molecular weight excluding hydrogens is 224 g/mol. The Labute approximate surface area is 101 Å². The van der Waals surface area contributed by atoms with Crippen LogP contribution in [0.25, 0.3) is 0 Å². The second-order valence-corrected chi connectivity index (χ2v) is 4.13. The second-order valence-electron chi connectivity index (χ2n) is 3.73. The molecule has 1 rings (SSSR count). The van der Waals surface area contributed by atoms with Gasteiger partial charge in [0.25, 0.3) is 0 Å². The molecule has 0 aliphatic carbocycles. The van der Waals surface area contributed by atoms with Gasteiger partial charge in [-0.05, 0) is 24.6 Å². The van der Waals surface area contributed by atoms with E-state index < -0.39 is 0 Å². The van der Waals surface area contributed by atoms with Crippen LogP contribution in [0, 0.1) is 0 Å². The van der Waals surface area contributed by atoms with Crippen LogP contribution in [0.2, 0.25) is 5.02 Å². The fraction of sp³-hybridized carbons (Fsp3) is 0.417. The molecule has 1 aromatic carbocycles. The molecule has 0 aromatic heterocycles. The summed E-state index contributed by atoms with van der Waals surface area (Å²) in [5.41, 5.74) is 6.26. The van der Waals surface area contributed by atoms with E-state index in [0.717, 1.165) is 12.0 Å². The van der Waals surface area contributed by atoms with Gasteiger partial charge in [-0.2, -0.15) is 0 Å². The Morgan fingerprint density at radius 3 is 2.75 bits per heavy atom. The quantitative estimate of drug-likeness (QED) is 0.852. The van der Waals surface area contributed by atoms with Gasteiger partial charge in [-0.3, -0.25) is 4.79 Å². The zero-order valence-corrected chi connectivity index (χ0v) is 10.2. The van der Waals surface area contributed by atoms with Crippen molar-refractivity contribution in [3.05, 3.63) is 34.9 Å². The minimum absolute atomic E-state index is 0.0709. The van der Waals surface area contributed by atoms with Crippen molar-refractivity contribution in [2.45, 2.75) is 12.8 Å². The molecule has 2 N–H and O–H groups in total. The highest BCUT2D eigenvalue weighted by Gasteiger charge is 2.10. The third-order valence-electron chi connectivity index (χ3n) is 2.42. The van der Waals surface area contributed by atoms with Crippen LogP contribution in [0.1, 0.15) is 12.0 Å². The molecule has 0 bridgehead atoms. The van der Waals surface area contributed by atoms with Gasteiger partial charge in [0.1, 0.15) is 0 Å². The van der Waals surface area contributed by atoms with Crippen LogP contribution in [0.4, 0.5) is 0 Å². The average Bonchev–Trinajstić information content (AvgIpc) is 2.28. The summed E-state index contributed by atoms with van der Waals surface area (Å²) < 4.78 is 0. The van der Waals surface area contributed by atoms with Crippen molar-refractivity contribution in [3.63, 3.8) is 0 Å². The van der Waals surface area contributed by atoms with Gasteiger partial charge in [-0.15, -0.1) is 0 Å². The lowest BCUT2D eigenvalue weighted by molar-refractivity contribution is -0.129. The summed E-state index contributed by atoms with van der Waals surface area (Å²) in [7, 11) is 1.79. The molecule has 88 valence electrons. The molecule has 3 nitrogen and oxygen atoms in total. The van der Waals surface area contributed by atoms with E-state index in [0.29, 0.717) is 24.5 Å². The summed E-state index contributed by atoms with van der Waals surface area (Å²) >= 11 is 5.99. The molecule has 0 saturated heterocycles. The third-order valence-corrected chi connectivity index (χ3v) is 2.79. The summed E-state index contributed by atoms with van der Waals surface area (Å²) in [4.78, 5) is 13.5. The Kier molecular flexibility index (Phi) is 5.29. The fourth-order valence-electron chi connectivity index (χ4n) is 1.39. The van der Waals surface area contributed by atoms with E-state index in [9.17, 15) is 4.79 Å². The molecule has 0 fully saturated rings. The van der Waals surface area contributed by atoms with E-state index >= 15 is 0 Å². The van der Waals surface area contributed by atoms with E-state index in [2.05, 4.69) is 0 Å². The topological polar surface area (TPSA) is 46.3 Å². The maximum Gasteiger partial charge on any atom is 0.226 e. The number of nitrogens with two attached hydrogens (primary N) is 1. The van der Waals surface area contributed by atoms with Crippen LogP contribution < -0.4 is 5.73 Å². The number of carbonyl (C=O) groups excluding carboxylic acids is 1. The Hall–Kier alpha value is -1.06. The summed E-state index contributed by atoms with van der Waals surface area (Å²) in [6.07, 6.45) is 1.17. The minimum Gasteiger partial charge on any atom is -0.345 e. The zero-order valence-electron chi connectivity index (χ0n) is 9.45. The zero-order chi connectivity index (χ0) is 12.0. The molecule has 0 spiro atoms. The largest absolute Gasteiger partial charge is 0.345 e. The molecule has 0 unspecified atom stereocenters. The van der Waals surface area contributed by atoms with Crippen LogP contribution in [0.3, 0.4) is 0 Å². The molecule has 1 aromatic rings. The molecule has 0 aliphatic rings. The predicted octanol–water partition coefficient (Wildman–Crippen LogP) is 1.69. The summed E-state index contributed by atoms with van der Waals surface area (Å²) in [5, 5.41) is 0.642. The number of rotatable bonds is 5. The third kappa shape index (κ3) is 3.83. The van der Waals surface area contributed by atoms with Crippen molar-refractivity contribution in [2.24, 2.45) is 5.73 Å². The SMILES string of the molecule is CN(CCCN)C(=O)Cc1ccccc1Cl. The van der Waals surface area contributed by atoms with Gasteiger partial charge in [-0.1, -0.05) is 29.8 Å². The number of hydrogen-bond donors (Lipinski definition) is 1. The molecule has 0 atom stereocenters. The number of amides is 1. The lowest BCUT2D eigenvalue weighted by atomic mass is 10.1. The van der Waals surface area contributed by atoms with Crippen molar-refractivity contribution >= 4 is 17.5 Å². The van der Waals surface area contributed by atoms with Gasteiger partial charge in [0.2, 0.25) is 5.91 Å². The lowest BCUT2D eigenvalue weighted by Crippen LogP contribution is -2.30. The highest BCUT2D eigenvalue weighted by atomic mass is 35.5. The van der Waals surface area contributed by atoms with E-state index in [4.69, 9.17) is 17.3 Å². The van der Waals surface area contributed by atoms with Crippen LogP contribution in [-0.4, -0.2) is 30.9 Å². The number of benzene rings is 1. The first-order valence-electron chi connectivity index (χ1n) is 5.32. The van der Waals surface area contributed by atoms with Gasteiger partial charge < -0.3 is 10.6 Å². The summed E-state index contributed by atoms with van der Waals surface area (Å²) in [6.45, 7) is 1.30. The van der Waals surface area contributed by atoms with Crippen LogP contribution in [-0.2, 0) is 11.2 Å². The number of carbonyl (C=O) groups is 1. The first kappa shape index (κ1) is 13.0. The van der Waals surface area contributed by atoms with Gasteiger partial charge in [-0.25, -0.2) is 0 Å². The monoisotopic (exact) mass is 240 g/mol. The number of nitrogens with zero attached hydrogens (tertiary/aromatic N) is 1. The van der Waals surface area contributed by atoms with Crippen LogP contribution >= 0.6 is 11.6 Å². The number of likely N-dealkylation sites (N-methyl/N-ethyl adjacent to an activating group) is 1. The Balaban J connectivity index is 2.54. The molecule has 1 amide bonds. The minimum atomic E-state index is 0.0709. The number of halogens is 1. The van der Waals surface area contributed by atoms with Crippen molar-refractivity contribution in [3.8, 4) is 0 Å². The summed E-state index contributed by atoms with van der Waals surface area (Å²) in [5.74, 6) is 0.0709. The molecular formula is C12H17ClN2O. The van der Waals surface area contributed by atoms with Gasteiger partial charge in [0, 0.05) is 18.6 Å². The second kappa shape index (κ2) is 6.51. The van der Waals surface area contributed by atoms with Gasteiger partial charge in [0.05, 0.1) is 6.42 Å². The molecule has 0 heterocycles. The standard InChI is InChI=1S/C12H17ClN2O/c1-15(8-4-7-14)12(16)9-10-5-2-3-6-11(10)13/h2-3,5-6H,4,7-9,14H2,1H3. The van der Waals surface area contributed by atoms with E-state index in [1.165, 1.54) is 0 Å². The van der Waals surface area contributed by atoms with Crippen LogP contribution in [0.5, 0.6) is 0 Å². The molecule has 16 heavy (non-hydrogen) atoms. The first-order chi connectivity index (χ1) is 7.65. The van der Waals surface area contributed by atoms with Crippen molar-refractivity contribution in [1.82, 2.24) is 4.90 Å². The van der Waals surface area contributed by atoms with Crippen molar-refractivity contribution < 1.29 is 4.79 Å². The Morgan fingerprint density at radius 2 is 2.12 bits per heavy atom. The number of hydrogen-bond acceptors (Lipinski definition) is 2.